The van der Waals surface area contributed by atoms with Crippen LogP contribution in [0.3, 0.4) is 0 Å². The van der Waals surface area contributed by atoms with E-state index in [2.05, 4.69) is 25.6 Å². The maximum absolute atomic E-state index is 12.9. The molecule has 0 amide bonds. The van der Waals surface area contributed by atoms with Crippen molar-refractivity contribution in [3.8, 4) is 5.75 Å². The molecule has 1 N–H and O–H groups in total. The molecule has 1 heterocycles. The second-order valence-electron chi connectivity index (χ2n) is 6.70. The highest BCUT2D eigenvalue weighted by molar-refractivity contribution is 9.10. The molecule has 1 unspecified atom stereocenters. The molecule has 1 saturated heterocycles. The van der Waals surface area contributed by atoms with Gasteiger partial charge in [0.2, 0.25) is 10.0 Å². The van der Waals surface area contributed by atoms with Crippen LogP contribution < -0.4 is 9.46 Å². The van der Waals surface area contributed by atoms with E-state index in [-0.39, 0.29) is 17.5 Å². The smallest absolute Gasteiger partial charge is 0.240 e. The third-order valence-electron chi connectivity index (χ3n) is 4.89. The highest BCUT2D eigenvalue weighted by atomic mass is 79.9. The fourth-order valence-electron chi connectivity index (χ4n) is 3.30. The van der Waals surface area contributed by atoms with E-state index in [9.17, 15) is 8.42 Å². The molecule has 1 atom stereocenters. The molecule has 0 bridgehead atoms. The van der Waals surface area contributed by atoms with Gasteiger partial charge in [0.15, 0.2) is 0 Å². The lowest BCUT2D eigenvalue weighted by Crippen LogP contribution is -2.43. The van der Waals surface area contributed by atoms with Crippen LogP contribution in [0.2, 0.25) is 0 Å². The zero-order chi connectivity index (χ0) is 20.1. The number of nitrogens with zero attached hydrogens (tertiary/aromatic N) is 1. The molecule has 1 aliphatic rings. The van der Waals surface area contributed by atoms with Gasteiger partial charge in [-0.25, -0.2) is 13.1 Å². The first-order valence-corrected chi connectivity index (χ1v) is 11.4. The Morgan fingerprint density at radius 3 is 2.50 bits per heavy atom. The molecular formula is C20H25BrN2O4S. The Labute approximate surface area is 175 Å². The van der Waals surface area contributed by atoms with Crippen molar-refractivity contribution in [1.82, 2.24) is 9.62 Å². The van der Waals surface area contributed by atoms with E-state index < -0.39 is 10.0 Å². The highest BCUT2D eigenvalue weighted by Crippen LogP contribution is 2.25. The SMILES string of the molecule is COc1ccc(C(CNS(=O)(=O)c2cc(Br)ccc2C)N2CCOCC2)cc1. The fourth-order valence-corrected chi connectivity index (χ4v) is 5.12. The van der Waals surface area contributed by atoms with Gasteiger partial charge in [-0.2, -0.15) is 0 Å². The molecule has 0 aromatic heterocycles. The van der Waals surface area contributed by atoms with Gasteiger partial charge in [-0.3, -0.25) is 4.90 Å². The molecule has 1 aliphatic heterocycles. The lowest BCUT2D eigenvalue weighted by atomic mass is 10.0. The number of hydrogen-bond acceptors (Lipinski definition) is 5. The standard InChI is InChI=1S/C20H25BrN2O4S/c1-15-3-6-17(21)13-20(15)28(24,25)22-14-19(23-9-11-27-12-10-23)16-4-7-18(26-2)8-5-16/h3-8,13,19,22H,9-12,14H2,1-2H3. The average Bonchev–Trinajstić information content (AvgIpc) is 2.71. The monoisotopic (exact) mass is 468 g/mol. The molecule has 152 valence electrons. The average molecular weight is 469 g/mol. The first kappa shape index (κ1) is 21.3. The van der Waals surface area contributed by atoms with Crippen molar-refractivity contribution in [2.75, 3.05) is 40.0 Å². The Kier molecular flexibility index (Phi) is 7.11. The summed E-state index contributed by atoms with van der Waals surface area (Å²) in [7, 11) is -2.00. The zero-order valence-corrected chi connectivity index (χ0v) is 18.4. The molecule has 2 aromatic rings. The van der Waals surface area contributed by atoms with Crippen LogP contribution in [0, 0.1) is 6.92 Å². The maximum atomic E-state index is 12.9. The van der Waals surface area contributed by atoms with Crippen molar-refractivity contribution in [1.29, 1.82) is 0 Å². The number of hydrogen-bond donors (Lipinski definition) is 1. The molecule has 8 heteroatoms. The summed E-state index contributed by atoms with van der Waals surface area (Å²) >= 11 is 3.36. The molecule has 2 aromatic carbocycles. The molecule has 1 fully saturated rings. The molecule has 0 spiro atoms. The van der Waals surface area contributed by atoms with Gasteiger partial charge in [-0.1, -0.05) is 34.1 Å². The third kappa shape index (κ3) is 5.12. The quantitative estimate of drug-likeness (QED) is 0.675. The third-order valence-corrected chi connectivity index (χ3v) is 6.95. The van der Waals surface area contributed by atoms with E-state index in [1.165, 1.54) is 0 Å². The first-order chi connectivity index (χ1) is 13.4. The van der Waals surface area contributed by atoms with E-state index in [4.69, 9.17) is 9.47 Å². The van der Waals surface area contributed by atoms with Gasteiger partial charge in [-0.05, 0) is 42.3 Å². The summed E-state index contributed by atoms with van der Waals surface area (Å²) in [6, 6.07) is 12.9. The number of halogens is 1. The van der Waals surface area contributed by atoms with Crippen LogP contribution >= 0.6 is 15.9 Å². The van der Waals surface area contributed by atoms with Gasteiger partial charge in [0.25, 0.3) is 0 Å². The number of rotatable bonds is 7. The number of aryl methyl sites for hydroxylation is 1. The predicted molar refractivity (Wildman–Crippen MR) is 112 cm³/mol. The minimum absolute atomic E-state index is 0.0861. The second-order valence-corrected chi connectivity index (χ2v) is 9.35. The normalized spacial score (nSPS) is 16.7. The van der Waals surface area contributed by atoms with Gasteiger partial charge in [0.1, 0.15) is 5.75 Å². The summed E-state index contributed by atoms with van der Waals surface area (Å²) < 4.78 is 40.1. The van der Waals surface area contributed by atoms with Gasteiger partial charge in [0.05, 0.1) is 25.2 Å². The summed E-state index contributed by atoms with van der Waals surface area (Å²) in [6.07, 6.45) is 0. The van der Waals surface area contributed by atoms with Gasteiger partial charge in [0, 0.05) is 30.1 Å². The van der Waals surface area contributed by atoms with Crippen LogP contribution in [0.4, 0.5) is 0 Å². The van der Waals surface area contributed by atoms with Crippen LogP contribution in [0.15, 0.2) is 51.8 Å². The summed E-state index contributed by atoms with van der Waals surface area (Å²) in [5.74, 6) is 0.773. The molecule has 0 aliphatic carbocycles. The summed E-state index contributed by atoms with van der Waals surface area (Å²) in [5, 5.41) is 0. The number of ether oxygens (including phenoxy) is 2. The predicted octanol–water partition coefficient (Wildman–Crippen LogP) is 3.12. The number of methoxy groups -OCH3 is 1. The Balaban J connectivity index is 1.83. The van der Waals surface area contributed by atoms with Crippen LogP contribution in [0.1, 0.15) is 17.2 Å². The van der Waals surface area contributed by atoms with Crippen LogP contribution in [0.5, 0.6) is 5.75 Å². The second kappa shape index (κ2) is 9.37. The number of benzene rings is 2. The molecular weight excluding hydrogens is 444 g/mol. The lowest BCUT2D eigenvalue weighted by molar-refractivity contribution is 0.0172. The summed E-state index contributed by atoms with van der Waals surface area (Å²) in [6.45, 7) is 4.88. The van der Waals surface area contributed by atoms with Crippen LogP contribution in [-0.4, -0.2) is 53.3 Å². The van der Waals surface area contributed by atoms with E-state index in [1.807, 2.05) is 30.3 Å². The molecule has 6 nitrogen and oxygen atoms in total. The highest BCUT2D eigenvalue weighted by Gasteiger charge is 2.26. The maximum Gasteiger partial charge on any atom is 0.240 e. The Hall–Kier alpha value is -1.45. The minimum Gasteiger partial charge on any atom is -0.497 e. The van der Waals surface area contributed by atoms with Crippen LogP contribution in [-0.2, 0) is 14.8 Å². The first-order valence-electron chi connectivity index (χ1n) is 9.12. The van der Waals surface area contributed by atoms with E-state index in [0.29, 0.717) is 18.8 Å². The van der Waals surface area contributed by atoms with Crippen LogP contribution in [0.25, 0.3) is 0 Å². The summed E-state index contributed by atoms with van der Waals surface area (Å²) in [4.78, 5) is 2.54. The van der Waals surface area contributed by atoms with Crippen molar-refractivity contribution in [2.24, 2.45) is 0 Å². The van der Waals surface area contributed by atoms with Gasteiger partial charge < -0.3 is 9.47 Å². The van der Waals surface area contributed by atoms with E-state index in [0.717, 1.165) is 28.9 Å². The molecule has 0 saturated carbocycles. The largest absolute Gasteiger partial charge is 0.497 e. The van der Waals surface area contributed by atoms with Crippen molar-refractivity contribution in [2.45, 2.75) is 17.9 Å². The molecule has 3 rings (SSSR count). The van der Waals surface area contributed by atoms with Crippen molar-refractivity contribution in [3.63, 3.8) is 0 Å². The number of morpholine rings is 1. The molecule has 28 heavy (non-hydrogen) atoms. The van der Waals surface area contributed by atoms with Gasteiger partial charge in [-0.15, -0.1) is 0 Å². The number of sulfonamides is 1. The minimum atomic E-state index is -3.63. The lowest BCUT2D eigenvalue weighted by Gasteiger charge is -2.35. The fraction of sp³-hybridized carbons (Fsp3) is 0.400. The topological polar surface area (TPSA) is 67.9 Å². The summed E-state index contributed by atoms with van der Waals surface area (Å²) in [5.41, 5.74) is 1.75. The van der Waals surface area contributed by atoms with E-state index >= 15 is 0 Å². The van der Waals surface area contributed by atoms with Gasteiger partial charge >= 0.3 is 0 Å². The Morgan fingerprint density at radius 2 is 1.86 bits per heavy atom. The van der Waals surface area contributed by atoms with Crippen molar-refractivity contribution in [3.05, 3.63) is 58.1 Å². The Morgan fingerprint density at radius 1 is 1.18 bits per heavy atom. The number of nitrogens with one attached hydrogen (secondary N) is 1. The van der Waals surface area contributed by atoms with E-state index in [1.54, 1.807) is 26.2 Å². The zero-order valence-electron chi connectivity index (χ0n) is 16.0. The van der Waals surface area contributed by atoms with Crippen molar-refractivity contribution < 1.29 is 17.9 Å². The molecule has 0 radical (unpaired) electrons. The van der Waals surface area contributed by atoms with Crippen molar-refractivity contribution >= 4 is 26.0 Å². The Bertz CT molecular complexity index is 897.